The number of Topliss-reactive ketones (excluding diaryl/α,β-unsaturated/α-hetero) is 1. The van der Waals surface area contributed by atoms with Gasteiger partial charge < -0.3 is 10.6 Å². The normalized spacial score (nSPS) is 23.0. The van der Waals surface area contributed by atoms with E-state index in [1.165, 1.54) is 11.4 Å². The zero-order valence-electron chi connectivity index (χ0n) is 16.4. The lowest BCUT2D eigenvalue weighted by molar-refractivity contribution is -0.119. The van der Waals surface area contributed by atoms with Crippen molar-refractivity contribution in [1.29, 1.82) is 5.26 Å². The summed E-state index contributed by atoms with van der Waals surface area (Å²) in [6.07, 6.45) is 2.56. The molecule has 2 N–H and O–H groups in total. The Kier molecular flexibility index (Phi) is 6.53. The summed E-state index contributed by atoms with van der Waals surface area (Å²) >= 11 is 2.88. The minimum Gasteiger partial charge on any atom is -0.332 e. The van der Waals surface area contributed by atoms with Gasteiger partial charge in [0.1, 0.15) is 16.6 Å². The highest BCUT2D eigenvalue weighted by molar-refractivity contribution is 8.00. The van der Waals surface area contributed by atoms with Gasteiger partial charge in [-0.3, -0.25) is 4.79 Å². The van der Waals surface area contributed by atoms with Gasteiger partial charge >= 0.3 is 6.03 Å². The highest BCUT2D eigenvalue weighted by Gasteiger charge is 2.42. The van der Waals surface area contributed by atoms with Crippen molar-refractivity contribution in [3.63, 3.8) is 0 Å². The van der Waals surface area contributed by atoms with Gasteiger partial charge in [-0.2, -0.15) is 17.0 Å². The summed E-state index contributed by atoms with van der Waals surface area (Å²) in [5.41, 5.74) is -0.168. The summed E-state index contributed by atoms with van der Waals surface area (Å²) in [4.78, 5) is 28.2. The molecule has 2 aromatic rings. The monoisotopic (exact) mass is 462 g/mol. The van der Waals surface area contributed by atoms with E-state index in [0.717, 1.165) is 42.1 Å². The minimum absolute atomic E-state index is 0.0867. The van der Waals surface area contributed by atoms with E-state index in [4.69, 9.17) is 0 Å². The molecule has 4 atom stereocenters. The van der Waals surface area contributed by atoms with Gasteiger partial charge in [0.2, 0.25) is 0 Å². The standard InChI is InChI=1S/C21H20F2N4O2S2/c22-12-4-3-5-13(23)18(12)14-9-31-20(25-14)11(8-24)16(28)6-1-2-7-17-19-15(10-30-17)26-21(29)27-19/h3-5,9,11,15,17,19H,1-2,6-7,10H2,(H2,26,27,29)/t11-,15+,17+,19+/m1/s1. The predicted molar refractivity (Wildman–Crippen MR) is 115 cm³/mol. The van der Waals surface area contributed by atoms with E-state index in [0.29, 0.717) is 11.7 Å². The predicted octanol–water partition coefficient (Wildman–Crippen LogP) is 3.99. The Morgan fingerprint density at radius 3 is 2.81 bits per heavy atom. The molecule has 1 aromatic heterocycles. The smallest absolute Gasteiger partial charge is 0.315 e. The summed E-state index contributed by atoms with van der Waals surface area (Å²) in [6, 6.07) is 5.71. The van der Waals surface area contributed by atoms with Gasteiger partial charge in [0.25, 0.3) is 0 Å². The highest BCUT2D eigenvalue weighted by atomic mass is 32.2. The fourth-order valence-electron chi connectivity index (χ4n) is 3.97. The van der Waals surface area contributed by atoms with Crippen molar-refractivity contribution in [2.75, 3.05) is 5.75 Å². The number of carbonyl (C=O) groups excluding carboxylic acids is 2. The van der Waals surface area contributed by atoms with Crippen molar-refractivity contribution < 1.29 is 18.4 Å². The molecule has 0 radical (unpaired) electrons. The molecule has 2 fully saturated rings. The summed E-state index contributed by atoms with van der Waals surface area (Å²) in [6.45, 7) is 0. The summed E-state index contributed by atoms with van der Waals surface area (Å²) < 4.78 is 28.0. The van der Waals surface area contributed by atoms with Gasteiger partial charge in [-0.05, 0) is 25.0 Å². The molecule has 4 rings (SSSR count). The maximum absolute atomic E-state index is 14.0. The first kappa shape index (κ1) is 21.7. The van der Waals surface area contributed by atoms with E-state index >= 15 is 0 Å². The van der Waals surface area contributed by atoms with E-state index in [-0.39, 0.29) is 46.6 Å². The largest absolute Gasteiger partial charge is 0.332 e. The van der Waals surface area contributed by atoms with Crippen molar-refractivity contribution in [1.82, 2.24) is 15.6 Å². The average Bonchev–Trinajstić information content (AvgIpc) is 3.43. The van der Waals surface area contributed by atoms with Crippen molar-refractivity contribution in [3.05, 3.63) is 40.2 Å². The quantitative estimate of drug-likeness (QED) is 0.457. The molecule has 2 aliphatic rings. The molecule has 0 spiro atoms. The molecule has 10 heteroatoms. The fourth-order valence-corrected chi connectivity index (χ4v) is 6.39. The maximum atomic E-state index is 14.0. The van der Waals surface area contributed by atoms with Gasteiger partial charge in [-0.15, -0.1) is 11.3 Å². The third-order valence-corrected chi connectivity index (χ3v) is 7.96. The Morgan fingerprint density at radius 2 is 2.06 bits per heavy atom. The molecule has 2 aliphatic heterocycles. The lowest BCUT2D eigenvalue weighted by atomic mass is 9.98. The van der Waals surface area contributed by atoms with Gasteiger partial charge in [0.05, 0.1) is 29.4 Å². The number of fused-ring (bicyclic) bond motifs is 1. The summed E-state index contributed by atoms with van der Waals surface area (Å²) in [7, 11) is 0. The number of hydrogen-bond donors (Lipinski definition) is 2. The fraction of sp³-hybridized carbons (Fsp3) is 0.429. The number of amides is 2. The number of unbranched alkanes of at least 4 members (excludes halogenated alkanes) is 1. The Bertz CT molecular complexity index is 1020. The number of urea groups is 1. The molecular formula is C21H20F2N4O2S2. The number of nitriles is 1. The van der Waals surface area contributed by atoms with Gasteiger partial charge in [-0.25, -0.2) is 18.6 Å². The van der Waals surface area contributed by atoms with Crippen LogP contribution in [0, 0.1) is 23.0 Å². The number of ketones is 1. The van der Waals surface area contributed by atoms with Crippen molar-refractivity contribution >= 4 is 34.9 Å². The van der Waals surface area contributed by atoms with Crippen molar-refractivity contribution in [2.45, 2.75) is 48.9 Å². The number of benzene rings is 1. The van der Waals surface area contributed by atoms with Crippen LogP contribution < -0.4 is 10.6 Å². The Balaban J connectivity index is 1.32. The van der Waals surface area contributed by atoms with Gasteiger partial charge in [0, 0.05) is 22.8 Å². The molecule has 0 aliphatic carbocycles. The second-order valence-corrected chi connectivity index (χ2v) is 9.73. The third kappa shape index (κ3) is 4.57. The number of thiazole rings is 1. The molecule has 0 bridgehead atoms. The molecule has 0 saturated carbocycles. The molecule has 2 saturated heterocycles. The zero-order valence-corrected chi connectivity index (χ0v) is 18.1. The third-order valence-electron chi connectivity index (χ3n) is 5.54. The molecule has 6 nitrogen and oxygen atoms in total. The Morgan fingerprint density at radius 1 is 1.29 bits per heavy atom. The van der Waals surface area contributed by atoms with Crippen LogP contribution in [0.2, 0.25) is 0 Å². The Labute approximate surface area is 186 Å². The number of aromatic nitrogens is 1. The second kappa shape index (κ2) is 9.32. The molecule has 0 unspecified atom stereocenters. The molecule has 3 heterocycles. The van der Waals surface area contributed by atoms with Crippen LogP contribution in [0.3, 0.4) is 0 Å². The average molecular weight is 463 g/mol. The minimum atomic E-state index is -1.04. The van der Waals surface area contributed by atoms with Gasteiger partial charge in [-0.1, -0.05) is 12.5 Å². The molecule has 31 heavy (non-hydrogen) atoms. The zero-order chi connectivity index (χ0) is 22.0. The molecule has 162 valence electrons. The van der Waals surface area contributed by atoms with Crippen molar-refractivity contribution in [2.24, 2.45) is 0 Å². The SMILES string of the molecule is N#C[C@H](C(=O)CCCC[C@@H]1SC[C@@H]2NC(=O)N[C@@H]21)c1nc(-c2c(F)cccc2F)cs1. The van der Waals surface area contributed by atoms with E-state index in [9.17, 15) is 23.6 Å². The lowest BCUT2D eigenvalue weighted by Gasteiger charge is -2.16. The Hall–Kier alpha value is -2.51. The maximum Gasteiger partial charge on any atom is 0.315 e. The van der Waals surface area contributed by atoms with Crippen LogP contribution in [0.1, 0.15) is 36.6 Å². The van der Waals surface area contributed by atoms with Crippen LogP contribution in [0.4, 0.5) is 13.6 Å². The van der Waals surface area contributed by atoms with E-state index in [1.807, 2.05) is 17.8 Å². The van der Waals surface area contributed by atoms with Crippen LogP contribution in [0.5, 0.6) is 0 Å². The lowest BCUT2D eigenvalue weighted by Crippen LogP contribution is -2.36. The molecular weight excluding hydrogens is 442 g/mol. The molecule has 1 aromatic carbocycles. The first-order chi connectivity index (χ1) is 15.0. The van der Waals surface area contributed by atoms with Gasteiger partial charge in [0.15, 0.2) is 11.7 Å². The number of carbonyl (C=O) groups is 2. The number of rotatable bonds is 8. The van der Waals surface area contributed by atoms with E-state index in [2.05, 4.69) is 15.6 Å². The van der Waals surface area contributed by atoms with E-state index in [1.54, 1.807) is 0 Å². The summed E-state index contributed by atoms with van der Waals surface area (Å²) in [5.74, 6) is -1.88. The second-order valence-electron chi connectivity index (χ2n) is 7.56. The van der Waals surface area contributed by atoms with Crippen LogP contribution >= 0.6 is 23.1 Å². The first-order valence-electron chi connectivity index (χ1n) is 9.98. The topological polar surface area (TPSA) is 94.9 Å². The van der Waals surface area contributed by atoms with Crippen molar-refractivity contribution in [3.8, 4) is 17.3 Å². The number of halogens is 2. The number of nitrogens with zero attached hydrogens (tertiary/aromatic N) is 2. The number of thioether (sulfide) groups is 1. The number of hydrogen-bond acceptors (Lipinski definition) is 6. The number of nitrogens with one attached hydrogen (secondary N) is 2. The first-order valence-corrected chi connectivity index (χ1v) is 11.9. The highest BCUT2D eigenvalue weighted by Crippen LogP contribution is 2.34. The van der Waals surface area contributed by atoms with Crippen LogP contribution in [-0.2, 0) is 4.79 Å². The van der Waals surface area contributed by atoms with Crippen LogP contribution in [0.15, 0.2) is 23.6 Å². The van der Waals surface area contributed by atoms with Crippen LogP contribution in [-0.4, -0.2) is 39.9 Å². The van der Waals surface area contributed by atoms with Crippen LogP contribution in [0.25, 0.3) is 11.3 Å². The molecule has 2 amide bonds. The van der Waals surface area contributed by atoms with E-state index < -0.39 is 17.6 Å². The summed E-state index contributed by atoms with van der Waals surface area (Å²) in [5, 5.41) is 17.4.